The maximum Gasteiger partial charge on any atom is 0.321 e. The average Bonchev–Trinajstić information content (AvgIpc) is 2.33. The van der Waals surface area contributed by atoms with Gasteiger partial charge in [-0.05, 0) is 18.6 Å². The van der Waals surface area contributed by atoms with Crippen LogP contribution in [-0.2, 0) is 0 Å². The summed E-state index contributed by atoms with van der Waals surface area (Å²) in [6.07, 6.45) is 0. The number of carbonyl (C=O) groups is 1. The van der Waals surface area contributed by atoms with Crippen LogP contribution in [0, 0.1) is 6.92 Å². The Labute approximate surface area is 108 Å². The van der Waals surface area contributed by atoms with Crippen molar-refractivity contribution in [3.63, 3.8) is 0 Å². The normalized spacial score (nSPS) is 15.0. The van der Waals surface area contributed by atoms with E-state index in [0.717, 1.165) is 37.4 Å². The maximum atomic E-state index is 11.9. The van der Waals surface area contributed by atoms with E-state index in [2.05, 4.69) is 10.6 Å². The van der Waals surface area contributed by atoms with Gasteiger partial charge in [-0.25, -0.2) is 4.79 Å². The summed E-state index contributed by atoms with van der Waals surface area (Å²) in [6.45, 7) is 5.30. The number of hydrogen-bond acceptors (Lipinski definition) is 2. The number of urea groups is 1. The van der Waals surface area contributed by atoms with Gasteiger partial charge in [-0.2, -0.15) is 0 Å². The molecule has 0 bridgehead atoms. The summed E-state index contributed by atoms with van der Waals surface area (Å²) in [5, 5.41) is 6.16. The third kappa shape index (κ3) is 3.61. The van der Waals surface area contributed by atoms with Gasteiger partial charge in [0.05, 0.1) is 0 Å². The van der Waals surface area contributed by atoms with E-state index in [9.17, 15) is 4.79 Å². The number of aryl methyl sites for hydroxylation is 1. The van der Waals surface area contributed by atoms with Crippen molar-refractivity contribution in [2.45, 2.75) is 6.92 Å². The maximum absolute atomic E-state index is 11.9. The molecule has 4 nitrogen and oxygen atoms in total. The molecule has 2 N–H and O–H groups in total. The third-order valence-electron chi connectivity index (χ3n) is 2.79. The highest BCUT2D eigenvalue weighted by Crippen LogP contribution is 2.13. The van der Waals surface area contributed by atoms with Gasteiger partial charge in [0, 0.05) is 31.9 Å². The van der Waals surface area contributed by atoms with Crippen molar-refractivity contribution in [3.05, 3.63) is 29.8 Å². The number of halogens is 1. The molecule has 2 rings (SSSR count). The second kappa shape index (κ2) is 6.47. The molecule has 1 aliphatic rings. The van der Waals surface area contributed by atoms with Crippen LogP contribution in [0.25, 0.3) is 0 Å². The first kappa shape index (κ1) is 13.8. The molecule has 0 atom stereocenters. The van der Waals surface area contributed by atoms with Crippen LogP contribution in [0.3, 0.4) is 0 Å². The van der Waals surface area contributed by atoms with Gasteiger partial charge < -0.3 is 15.5 Å². The average molecular weight is 256 g/mol. The largest absolute Gasteiger partial charge is 0.322 e. The minimum Gasteiger partial charge on any atom is -0.322 e. The molecule has 0 radical (unpaired) electrons. The number of hydrogen-bond donors (Lipinski definition) is 2. The molecule has 0 aliphatic carbocycles. The van der Waals surface area contributed by atoms with Crippen LogP contribution < -0.4 is 10.6 Å². The van der Waals surface area contributed by atoms with E-state index < -0.39 is 0 Å². The van der Waals surface area contributed by atoms with Gasteiger partial charge in [0.1, 0.15) is 0 Å². The van der Waals surface area contributed by atoms with E-state index >= 15 is 0 Å². The first-order valence-corrected chi connectivity index (χ1v) is 5.59. The number of rotatable bonds is 1. The van der Waals surface area contributed by atoms with E-state index in [-0.39, 0.29) is 18.4 Å². The lowest BCUT2D eigenvalue weighted by Crippen LogP contribution is -2.48. The zero-order chi connectivity index (χ0) is 11.4. The lowest BCUT2D eigenvalue weighted by molar-refractivity contribution is 0.204. The molecule has 1 aromatic rings. The van der Waals surface area contributed by atoms with Crippen molar-refractivity contribution in [1.29, 1.82) is 0 Å². The van der Waals surface area contributed by atoms with Gasteiger partial charge in [-0.3, -0.25) is 0 Å². The summed E-state index contributed by atoms with van der Waals surface area (Å²) in [5.41, 5.74) is 1.98. The number of carbonyl (C=O) groups excluding carboxylic acids is 1. The summed E-state index contributed by atoms with van der Waals surface area (Å²) < 4.78 is 0. The third-order valence-corrected chi connectivity index (χ3v) is 2.79. The number of amides is 2. The van der Waals surface area contributed by atoms with Gasteiger partial charge in [0.2, 0.25) is 0 Å². The van der Waals surface area contributed by atoms with Crippen LogP contribution in [-0.4, -0.2) is 37.1 Å². The number of nitrogens with zero attached hydrogens (tertiary/aromatic N) is 1. The summed E-state index contributed by atoms with van der Waals surface area (Å²) in [7, 11) is 0. The first-order valence-electron chi connectivity index (χ1n) is 5.59. The molecule has 5 heteroatoms. The molecule has 1 fully saturated rings. The van der Waals surface area contributed by atoms with Crippen LogP contribution in [0.2, 0.25) is 0 Å². The summed E-state index contributed by atoms with van der Waals surface area (Å²) >= 11 is 0. The molecule has 2 amide bonds. The fourth-order valence-electron chi connectivity index (χ4n) is 1.78. The highest BCUT2D eigenvalue weighted by molar-refractivity contribution is 5.90. The van der Waals surface area contributed by atoms with Crippen LogP contribution in [0.5, 0.6) is 0 Å². The Balaban J connectivity index is 0.00000144. The smallest absolute Gasteiger partial charge is 0.321 e. The first-order chi connectivity index (χ1) is 7.77. The number of para-hydroxylation sites is 1. The minimum atomic E-state index is -0.00389. The number of nitrogens with one attached hydrogen (secondary N) is 2. The lowest BCUT2D eigenvalue weighted by Gasteiger charge is -2.27. The molecule has 1 saturated heterocycles. The Morgan fingerprint density at radius 3 is 2.59 bits per heavy atom. The van der Waals surface area contributed by atoms with E-state index in [1.165, 1.54) is 0 Å². The highest BCUT2D eigenvalue weighted by Gasteiger charge is 2.16. The molecule has 1 aromatic carbocycles. The molecule has 0 saturated carbocycles. The topological polar surface area (TPSA) is 44.4 Å². The Morgan fingerprint density at radius 1 is 1.29 bits per heavy atom. The van der Waals surface area contributed by atoms with Gasteiger partial charge in [-0.1, -0.05) is 18.2 Å². The predicted molar refractivity (Wildman–Crippen MR) is 71.9 cm³/mol. The zero-order valence-corrected chi connectivity index (χ0v) is 10.7. The molecule has 94 valence electrons. The van der Waals surface area contributed by atoms with Gasteiger partial charge in [0.25, 0.3) is 0 Å². The quantitative estimate of drug-likeness (QED) is 0.805. The fourth-order valence-corrected chi connectivity index (χ4v) is 1.78. The molecular weight excluding hydrogens is 238 g/mol. The second-order valence-electron chi connectivity index (χ2n) is 3.98. The van der Waals surface area contributed by atoms with E-state index in [1.54, 1.807) is 0 Å². The number of anilines is 1. The molecular formula is C12H18ClN3O. The summed E-state index contributed by atoms with van der Waals surface area (Å²) in [4.78, 5) is 13.7. The number of piperazine rings is 1. The molecule has 0 unspecified atom stereocenters. The minimum absolute atomic E-state index is 0. The van der Waals surface area contributed by atoms with Crippen LogP contribution >= 0.6 is 12.4 Å². The molecule has 17 heavy (non-hydrogen) atoms. The Kier molecular flexibility index (Phi) is 5.25. The van der Waals surface area contributed by atoms with Gasteiger partial charge >= 0.3 is 6.03 Å². The van der Waals surface area contributed by atoms with E-state index in [1.807, 2.05) is 36.1 Å². The SMILES string of the molecule is Cc1ccccc1NC(=O)N1CCNCC1.Cl. The highest BCUT2D eigenvalue weighted by atomic mass is 35.5. The van der Waals surface area contributed by atoms with E-state index in [4.69, 9.17) is 0 Å². The van der Waals surface area contributed by atoms with Crippen LogP contribution in [0.15, 0.2) is 24.3 Å². The summed E-state index contributed by atoms with van der Waals surface area (Å²) in [6, 6.07) is 7.81. The van der Waals surface area contributed by atoms with Gasteiger partial charge in [0.15, 0.2) is 0 Å². The lowest BCUT2D eigenvalue weighted by atomic mass is 10.2. The fraction of sp³-hybridized carbons (Fsp3) is 0.417. The van der Waals surface area contributed by atoms with Crippen LogP contribution in [0.4, 0.5) is 10.5 Å². The van der Waals surface area contributed by atoms with Crippen molar-refractivity contribution < 1.29 is 4.79 Å². The van der Waals surface area contributed by atoms with Crippen molar-refractivity contribution >= 4 is 24.1 Å². The van der Waals surface area contributed by atoms with Crippen LogP contribution in [0.1, 0.15) is 5.56 Å². The van der Waals surface area contributed by atoms with Crippen molar-refractivity contribution in [1.82, 2.24) is 10.2 Å². The molecule has 1 aliphatic heterocycles. The Hall–Kier alpha value is -1.26. The van der Waals surface area contributed by atoms with Gasteiger partial charge in [-0.15, -0.1) is 12.4 Å². The standard InChI is InChI=1S/C12H17N3O.ClH/c1-10-4-2-3-5-11(10)14-12(16)15-8-6-13-7-9-15;/h2-5,13H,6-9H2,1H3,(H,14,16);1H. The molecule has 1 heterocycles. The van der Waals surface area contributed by atoms with Crippen molar-refractivity contribution in [2.75, 3.05) is 31.5 Å². The predicted octanol–water partition coefficient (Wildman–Crippen LogP) is 1.85. The monoisotopic (exact) mass is 255 g/mol. The van der Waals surface area contributed by atoms with Crippen molar-refractivity contribution in [2.24, 2.45) is 0 Å². The Bertz CT molecular complexity index is 378. The Morgan fingerprint density at radius 2 is 1.94 bits per heavy atom. The second-order valence-corrected chi connectivity index (χ2v) is 3.98. The number of benzene rings is 1. The molecule has 0 spiro atoms. The van der Waals surface area contributed by atoms with Crippen molar-refractivity contribution in [3.8, 4) is 0 Å². The van der Waals surface area contributed by atoms with E-state index in [0.29, 0.717) is 0 Å². The summed E-state index contributed by atoms with van der Waals surface area (Å²) in [5.74, 6) is 0. The zero-order valence-electron chi connectivity index (χ0n) is 9.90. The molecule has 0 aromatic heterocycles.